The van der Waals surface area contributed by atoms with Crippen molar-refractivity contribution in [2.45, 2.75) is 11.2 Å². The van der Waals surface area contributed by atoms with Gasteiger partial charge < -0.3 is 19.1 Å². The Morgan fingerprint density at radius 2 is 1.67 bits per heavy atom. The Kier molecular flexibility index (Phi) is 5.17. The highest BCUT2D eigenvalue weighted by atomic mass is 32.2. The van der Waals surface area contributed by atoms with Gasteiger partial charge in [0.2, 0.25) is 0 Å². The third-order valence-electron chi connectivity index (χ3n) is 4.67. The van der Waals surface area contributed by atoms with Crippen molar-refractivity contribution in [3.8, 4) is 17.2 Å². The lowest BCUT2D eigenvalue weighted by molar-refractivity contribution is 0.0487. The van der Waals surface area contributed by atoms with Gasteiger partial charge in [-0.25, -0.2) is 8.42 Å². The number of fused-ring (bicyclic) bond motifs is 1. The van der Waals surface area contributed by atoms with E-state index in [1.54, 1.807) is 43.5 Å². The summed E-state index contributed by atoms with van der Waals surface area (Å²) in [6.07, 6.45) is -0.634. The number of anilines is 2. The first-order valence-electron chi connectivity index (χ1n) is 9.28. The Balaban J connectivity index is 1.55. The second-order valence-corrected chi connectivity index (χ2v) is 8.66. The van der Waals surface area contributed by atoms with Crippen molar-refractivity contribution < 1.29 is 22.6 Å². The molecule has 0 amide bonds. The number of nitrogens with one attached hydrogen (secondary N) is 1. The van der Waals surface area contributed by atoms with Gasteiger partial charge in [-0.1, -0.05) is 18.2 Å². The smallest absolute Gasteiger partial charge is 0.268 e. The summed E-state index contributed by atoms with van der Waals surface area (Å²) >= 11 is 0. The first kappa shape index (κ1) is 19.9. The molecule has 0 fully saturated rings. The molecule has 0 radical (unpaired) electrons. The molecule has 0 bridgehead atoms. The monoisotopic (exact) mass is 426 g/mol. The second kappa shape index (κ2) is 7.79. The topological polar surface area (TPSA) is 77.1 Å². The minimum atomic E-state index is -3.69. The molecule has 1 aliphatic heterocycles. The summed E-state index contributed by atoms with van der Waals surface area (Å²) in [4.78, 5) is 2.14. The molecule has 1 heterocycles. The minimum absolute atomic E-state index is 0.190. The van der Waals surface area contributed by atoms with Crippen LogP contribution < -0.4 is 23.8 Å². The maximum absolute atomic E-state index is 12.5. The van der Waals surface area contributed by atoms with Gasteiger partial charge in [0.05, 0.1) is 23.4 Å². The molecule has 7 nitrogen and oxygen atoms in total. The fourth-order valence-corrected chi connectivity index (χ4v) is 4.24. The zero-order chi connectivity index (χ0) is 21.3. The van der Waals surface area contributed by atoms with Crippen molar-refractivity contribution >= 4 is 21.4 Å². The number of hydrogen-bond donors (Lipinski definition) is 1. The highest BCUT2D eigenvalue weighted by molar-refractivity contribution is 7.92. The van der Waals surface area contributed by atoms with Crippen LogP contribution in [0.3, 0.4) is 0 Å². The van der Waals surface area contributed by atoms with Crippen LogP contribution in [0.5, 0.6) is 17.2 Å². The molecule has 1 aliphatic rings. The van der Waals surface area contributed by atoms with Gasteiger partial charge in [0.15, 0.2) is 11.5 Å². The third kappa shape index (κ3) is 3.86. The quantitative estimate of drug-likeness (QED) is 0.641. The van der Waals surface area contributed by atoms with Crippen LogP contribution in [0, 0.1) is 0 Å². The Labute approximate surface area is 175 Å². The van der Waals surface area contributed by atoms with Crippen LogP contribution in [-0.4, -0.2) is 29.6 Å². The van der Waals surface area contributed by atoms with Gasteiger partial charge >= 0.3 is 0 Å². The average molecular weight is 426 g/mol. The lowest BCUT2D eigenvalue weighted by Crippen LogP contribution is -2.13. The van der Waals surface area contributed by atoms with Crippen molar-refractivity contribution in [3.05, 3.63) is 72.3 Å². The van der Waals surface area contributed by atoms with Crippen LogP contribution in [0.2, 0.25) is 0 Å². The zero-order valence-corrected chi connectivity index (χ0v) is 17.6. The zero-order valence-electron chi connectivity index (χ0n) is 16.8. The maximum Gasteiger partial charge on any atom is 0.268 e. The van der Waals surface area contributed by atoms with Crippen molar-refractivity contribution in [2.24, 2.45) is 0 Å². The van der Waals surface area contributed by atoms with E-state index >= 15 is 0 Å². The minimum Gasteiger partial charge on any atom is -0.495 e. The molecular formula is C22H22N2O5S. The molecule has 1 atom stereocenters. The summed E-state index contributed by atoms with van der Waals surface area (Å²) in [6.45, 7) is 0. The first-order valence-corrected chi connectivity index (χ1v) is 10.8. The van der Waals surface area contributed by atoms with E-state index in [1.807, 2.05) is 37.2 Å². The molecule has 30 heavy (non-hydrogen) atoms. The van der Waals surface area contributed by atoms with Gasteiger partial charge in [-0.05, 0) is 42.5 Å². The van der Waals surface area contributed by atoms with Gasteiger partial charge in [-0.15, -0.1) is 0 Å². The van der Waals surface area contributed by atoms with E-state index in [0.29, 0.717) is 17.2 Å². The van der Waals surface area contributed by atoms with Gasteiger partial charge in [-0.2, -0.15) is 0 Å². The van der Waals surface area contributed by atoms with Gasteiger partial charge in [0.25, 0.3) is 16.3 Å². The average Bonchev–Trinajstić information content (AvgIpc) is 3.17. The van der Waals surface area contributed by atoms with Crippen LogP contribution in [0.15, 0.2) is 71.6 Å². The number of methoxy groups -OCH3 is 1. The Morgan fingerprint density at radius 3 is 2.37 bits per heavy atom. The number of rotatable bonds is 6. The van der Waals surface area contributed by atoms with Crippen LogP contribution in [-0.2, 0) is 10.0 Å². The van der Waals surface area contributed by atoms with E-state index in [0.717, 1.165) is 17.0 Å². The van der Waals surface area contributed by atoms with Crippen LogP contribution in [0.1, 0.15) is 11.9 Å². The molecule has 4 rings (SSSR count). The molecule has 1 unspecified atom stereocenters. The predicted molar refractivity (Wildman–Crippen MR) is 115 cm³/mol. The SMILES string of the molecule is COc1ccc(C2Oc3ccc(NS(=O)(=O)c4ccccc4)cc3O2)cc1N(C)C. The van der Waals surface area contributed by atoms with Crippen molar-refractivity contribution in [1.82, 2.24) is 0 Å². The molecule has 8 heteroatoms. The summed E-state index contributed by atoms with van der Waals surface area (Å²) in [5.41, 5.74) is 2.11. The summed E-state index contributed by atoms with van der Waals surface area (Å²) < 4.78 is 44.9. The number of benzene rings is 3. The van der Waals surface area contributed by atoms with Gasteiger partial charge in [-0.3, -0.25) is 4.72 Å². The molecule has 0 aliphatic carbocycles. The molecule has 0 saturated heterocycles. The van der Waals surface area contributed by atoms with Gasteiger partial charge in [0, 0.05) is 25.7 Å². The summed E-state index contributed by atoms with van der Waals surface area (Å²) in [7, 11) is 1.80. The Hall–Kier alpha value is -3.39. The predicted octanol–water partition coefficient (Wildman–Crippen LogP) is 4.03. The van der Waals surface area contributed by atoms with E-state index in [2.05, 4.69) is 4.72 Å². The molecule has 1 N–H and O–H groups in total. The summed E-state index contributed by atoms with van der Waals surface area (Å²) in [5, 5.41) is 0. The first-order chi connectivity index (χ1) is 14.4. The van der Waals surface area contributed by atoms with E-state index in [4.69, 9.17) is 14.2 Å². The standard InChI is InChI=1S/C22H22N2O5S/c1-24(2)18-13-15(9-11-19(18)27-3)22-28-20-12-10-16(14-21(20)29-22)23-30(25,26)17-7-5-4-6-8-17/h4-14,22-23H,1-3H3. The summed E-state index contributed by atoms with van der Waals surface area (Å²) in [5.74, 6) is 1.76. The molecule has 0 saturated carbocycles. The molecule has 3 aromatic rings. The fraction of sp³-hybridized carbons (Fsp3) is 0.182. The molecule has 3 aromatic carbocycles. The molecular weight excluding hydrogens is 404 g/mol. The Bertz CT molecular complexity index is 1160. The molecule has 0 aromatic heterocycles. The third-order valence-corrected chi connectivity index (χ3v) is 6.07. The van der Waals surface area contributed by atoms with E-state index in [-0.39, 0.29) is 4.90 Å². The van der Waals surface area contributed by atoms with E-state index in [9.17, 15) is 8.42 Å². The summed E-state index contributed by atoms with van der Waals surface area (Å²) in [6, 6.07) is 18.8. The highest BCUT2D eigenvalue weighted by Crippen LogP contribution is 2.43. The normalized spacial score (nSPS) is 15.0. The number of ether oxygens (including phenoxy) is 3. The number of nitrogens with zero attached hydrogens (tertiary/aromatic N) is 1. The van der Waals surface area contributed by atoms with E-state index < -0.39 is 16.3 Å². The number of sulfonamides is 1. The van der Waals surface area contributed by atoms with Crippen molar-refractivity contribution in [1.29, 1.82) is 0 Å². The van der Waals surface area contributed by atoms with Crippen LogP contribution in [0.4, 0.5) is 11.4 Å². The lowest BCUT2D eigenvalue weighted by atomic mass is 10.1. The van der Waals surface area contributed by atoms with Crippen LogP contribution >= 0.6 is 0 Å². The molecule has 0 spiro atoms. The van der Waals surface area contributed by atoms with Crippen LogP contribution in [0.25, 0.3) is 0 Å². The largest absolute Gasteiger partial charge is 0.495 e. The number of hydrogen-bond acceptors (Lipinski definition) is 6. The van der Waals surface area contributed by atoms with Crippen molar-refractivity contribution in [3.63, 3.8) is 0 Å². The van der Waals surface area contributed by atoms with E-state index in [1.165, 1.54) is 12.1 Å². The lowest BCUT2D eigenvalue weighted by Gasteiger charge is -2.19. The Morgan fingerprint density at radius 1 is 0.933 bits per heavy atom. The van der Waals surface area contributed by atoms with Crippen molar-refractivity contribution in [2.75, 3.05) is 30.8 Å². The maximum atomic E-state index is 12.5. The fourth-order valence-electron chi connectivity index (χ4n) is 3.17. The highest BCUT2D eigenvalue weighted by Gasteiger charge is 2.27. The second-order valence-electron chi connectivity index (χ2n) is 6.97. The van der Waals surface area contributed by atoms with Gasteiger partial charge in [0.1, 0.15) is 5.75 Å². The molecule has 156 valence electrons.